The summed E-state index contributed by atoms with van der Waals surface area (Å²) in [6, 6.07) is 0. The molecule has 1 aromatic rings. The van der Waals surface area contributed by atoms with Crippen molar-refractivity contribution < 1.29 is 0 Å². The number of hydrogen-bond acceptors (Lipinski definition) is 3. The van der Waals surface area contributed by atoms with Crippen molar-refractivity contribution in [3.8, 4) is 0 Å². The summed E-state index contributed by atoms with van der Waals surface area (Å²) in [5.41, 5.74) is 6.74. The summed E-state index contributed by atoms with van der Waals surface area (Å²) in [5.74, 6) is 0.978. The Kier molecular flexibility index (Phi) is 4.27. The Bertz CT molecular complexity index is 304. The summed E-state index contributed by atoms with van der Waals surface area (Å²) in [4.78, 5) is 2.30. The molecule has 5 heteroatoms. The van der Waals surface area contributed by atoms with Crippen LogP contribution in [0, 0.1) is 0 Å². The van der Waals surface area contributed by atoms with E-state index in [0.29, 0.717) is 0 Å². The largest absolute Gasteiger partial charge is 0.394 e. The van der Waals surface area contributed by atoms with Crippen molar-refractivity contribution in [1.82, 2.24) is 9.78 Å². The summed E-state index contributed by atoms with van der Waals surface area (Å²) in [7, 11) is 0. The minimum atomic E-state index is 0. The fourth-order valence-electron chi connectivity index (χ4n) is 1.94. The van der Waals surface area contributed by atoms with Gasteiger partial charge >= 0.3 is 0 Å². The third-order valence-electron chi connectivity index (χ3n) is 2.75. The van der Waals surface area contributed by atoms with Crippen molar-refractivity contribution >= 4 is 23.9 Å². The molecule has 0 spiro atoms. The normalized spacial score (nSPS) is 16.2. The zero-order valence-electron chi connectivity index (χ0n) is 9.15. The first kappa shape index (κ1) is 12.2. The van der Waals surface area contributed by atoms with E-state index in [1.54, 1.807) is 0 Å². The molecule has 1 saturated heterocycles. The van der Waals surface area contributed by atoms with Crippen LogP contribution in [0.3, 0.4) is 0 Å². The topological polar surface area (TPSA) is 47.1 Å². The number of aromatic nitrogens is 2. The molecular weight excluding hydrogens is 212 g/mol. The molecule has 4 nitrogen and oxygen atoms in total. The van der Waals surface area contributed by atoms with E-state index in [4.69, 9.17) is 5.73 Å². The fraction of sp³-hybridized carbons (Fsp3) is 0.700. The smallest absolute Gasteiger partial charge is 0.173 e. The summed E-state index contributed by atoms with van der Waals surface area (Å²) >= 11 is 0. The van der Waals surface area contributed by atoms with E-state index < -0.39 is 0 Å². The van der Waals surface area contributed by atoms with Gasteiger partial charge in [-0.1, -0.05) is 0 Å². The van der Waals surface area contributed by atoms with Crippen LogP contribution in [0.15, 0.2) is 6.20 Å². The minimum absolute atomic E-state index is 0. The maximum absolute atomic E-state index is 5.92. The molecule has 0 unspecified atom stereocenters. The van der Waals surface area contributed by atoms with Crippen molar-refractivity contribution in [3.05, 3.63) is 6.20 Å². The van der Waals surface area contributed by atoms with Crippen LogP contribution >= 0.6 is 12.4 Å². The predicted molar refractivity (Wildman–Crippen MR) is 65.6 cm³/mol. The Morgan fingerprint density at radius 1 is 1.33 bits per heavy atom. The zero-order valence-corrected chi connectivity index (χ0v) is 9.96. The Labute approximate surface area is 96.8 Å². The van der Waals surface area contributed by atoms with E-state index in [9.17, 15) is 0 Å². The summed E-state index contributed by atoms with van der Waals surface area (Å²) in [5, 5.41) is 4.47. The molecule has 0 saturated carbocycles. The first-order valence-electron chi connectivity index (χ1n) is 5.39. The predicted octanol–water partition coefficient (Wildman–Crippen LogP) is 1.90. The molecule has 0 amide bonds. The van der Waals surface area contributed by atoms with Gasteiger partial charge in [0.1, 0.15) is 0 Å². The molecule has 0 atom stereocenters. The average Bonchev–Trinajstić information content (AvgIpc) is 2.61. The van der Waals surface area contributed by atoms with Crippen LogP contribution in [0.25, 0.3) is 0 Å². The molecule has 0 radical (unpaired) electrons. The highest BCUT2D eigenvalue weighted by molar-refractivity contribution is 5.85. The number of hydrogen-bond donors (Lipinski definition) is 1. The number of rotatable bonds is 2. The first-order valence-corrected chi connectivity index (χ1v) is 5.39. The van der Waals surface area contributed by atoms with Crippen LogP contribution in [0.5, 0.6) is 0 Å². The molecule has 86 valence electrons. The molecule has 0 bridgehead atoms. The standard InChI is InChI=1S/C10H18N4.ClH/c1-2-14-8-9(11)10(12-14)13-6-4-3-5-7-13;/h8H,2-7,11H2,1H3;1H. The highest BCUT2D eigenvalue weighted by Gasteiger charge is 2.16. The van der Waals surface area contributed by atoms with Gasteiger partial charge in [0.05, 0.1) is 11.9 Å². The lowest BCUT2D eigenvalue weighted by Crippen LogP contribution is -2.30. The van der Waals surface area contributed by atoms with E-state index in [0.717, 1.165) is 31.1 Å². The molecule has 0 aromatic carbocycles. The quantitative estimate of drug-likeness (QED) is 0.844. The highest BCUT2D eigenvalue weighted by Crippen LogP contribution is 2.23. The van der Waals surface area contributed by atoms with Crippen LogP contribution in [-0.4, -0.2) is 22.9 Å². The SMILES string of the molecule is CCn1cc(N)c(N2CCCCC2)n1.Cl. The third kappa shape index (κ3) is 2.56. The molecule has 1 aliphatic heterocycles. The minimum Gasteiger partial charge on any atom is -0.394 e. The summed E-state index contributed by atoms with van der Waals surface area (Å²) in [6.45, 7) is 5.17. The molecule has 2 heterocycles. The number of nitrogen functional groups attached to an aromatic ring is 1. The Morgan fingerprint density at radius 2 is 2.00 bits per heavy atom. The van der Waals surface area contributed by atoms with Gasteiger partial charge in [-0.15, -0.1) is 12.4 Å². The van der Waals surface area contributed by atoms with Crippen molar-refractivity contribution in [1.29, 1.82) is 0 Å². The van der Waals surface area contributed by atoms with Gasteiger partial charge in [-0.25, -0.2) is 0 Å². The lowest BCUT2D eigenvalue weighted by molar-refractivity contribution is 0.565. The van der Waals surface area contributed by atoms with E-state index in [2.05, 4.69) is 16.9 Å². The van der Waals surface area contributed by atoms with E-state index in [1.165, 1.54) is 19.3 Å². The molecule has 15 heavy (non-hydrogen) atoms. The molecule has 1 fully saturated rings. The Balaban J connectivity index is 0.00000112. The second kappa shape index (κ2) is 5.26. The second-order valence-electron chi connectivity index (χ2n) is 3.81. The van der Waals surface area contributed by atoms with Gasteiger partial charge in [-0.2, -0.15) is 5.10 Å². The number of halogens is 1. The number of nitrogens with zero attached hydrogens (tertiary/aromatic N) is 3. The van der Waals surface area contributed by atoms with Gasteiger partial charge in [0.15, 0.2) is 5.82 Å². The fourth-order valence-corrected chi connectivity index (χ4v) is 1.94. The van der Waals surface area contributed by atoms with Gasteiger partial charge in [0.25, 0.3) is 0 Å². The van der Waals surface area contributed by atoms with Crippen molar-refractivity contribution in [2.45, 2.75) is 32.7 Å². The zero-order chi connectivity index (χ0) is 9.97. The number of anilines is 2. The van der Waals surface area contributed by atoms with Crippen LogP contribution in [0.1, 0.15) is 26.2 Å². The second-order valence-corrected chi connectivity index (χ2v) is 3.81. The van der Waals surface area contributed by atoms with Crippen LogP contribution in [0.2, 0.25) is 0 Å². The maximum atomic E-state index is 5.92. The van der Waals surface area contributed by atoms with E-state index in [1.807, 2.05) is 10.9 Å². The van der Waals surface area contributed by atoms with E-state index >= 15 is 0 Å². The number of piperidine rings is 1. The highest BCUT2D eigenvalue weighted by atomic mass is 35.5. The van der Waals surface area contributed by atoms with Gasteiger partial charge < -0.3 is 10.6 Å². The monoisotopic (exact) mass is 230 g/mol. The molecular formula is C10H19ClN4. The Hall–Kier alpha value is -0.900. The number of aryl methyl sites for hydroxylation is 1. The third-order valence-corrected chi connectivity index (χ3v) is 2.75. The molecule has 0 aliphatic carbocycles. The molecule has 2 N–H and O–H groups in total. The van der Waals surface area contributed by atoms with Gasteiger partial charge in [0.2, 0.25) is 0 Å². The van der Waals surface area contributed by atoms with Crippen molar-refractivity contribution in [3.63, 3.8) is 0 Å². The van der Waals surface area contributed by atoms with Crippen molar-refractivity contribution in [2.24, 2.45) is 0 Å². The molecule has 1 aromatic heterocycles. The summed E-state index contributed by atoms with van der Waals surface area (Å²) < 4.78 is 1.90. The molecule has 1 aliphatic rings. The van der Waals surface area contributed by atoms with Crippen LogP contribution in [-0.2, 0) is 6.54 Å². The van der Waals surface area contributed by atoms with Gasteiger partial charge in [0, 0.05) is 19.6 Å². The Morgan fingerprint density at radius 3 is 2.53 bits per heavy atom. The summed E-state index contributed by atoms with van der Waals surface area (Å²) in [6.07, 6.45) is 5.78. The number of nitrogens with two attached hydrogens (primary N) is 1. The van der Waals surface area contributed by atoms with Gasteiger partial charge in [-0.3, -0.25) is 4.68 Å². The van der Waals surface area contributed by atoms with E-state index in [-0.39, 0.29) is 12.4 Å². The van der Waals surface area contributed by atoms with Crippen molar-refractivity contribution in [2.75, 3.05) is 23.7 Å². The molecule has 2 rings (SSSR count). The average molecular weight is 231 g/mol. The lowest BCUT2D eigenvalue weighted by Gasteiger charge is -2.26. The van der Waals surface area contributed by atoms with Gasteiger partial charge in [-0.05, 0) is 26.2 Å². The lowest BCUT2D eigenvalue weighted by atomic mass is 10.1. The van der Waals surface area contributed by atoms with Crippen LogP contribution < -0.4 is 10.6 Å². The maximum Gasteiger partial charge on any atom is 0.173 e. The first-order chi connectivity index (χ1) is 6.81. The van der Waals surface area contributed by atoms with Crippen LogP contribution in [0.4, 0.5) is 11.5 Å².